The summed E-state index contributed by atoms with van der Waals surface area (Å²) >= 11 is 0. The van der Waals surface area contributed by atoms with E-state index in [4.69, 9.17) is 5.11 Å². The fourth-order valence-corrected chi connectivity index (χ4v) is 1.64. The third-order valence-electron chi connectivity index (χ3n) is 2.49. The second kappa shape index (κ2) is 5.72. The Bertz CT molecular complexity index is 375. The summed E-state index contributed by atoms with van der Waals surface area (Å²) in [5.74, 6) is 0.0143. The van der Waals surface area contributed by atoms with Crippen molar-refractivity contribution in [3.63, 3.8) is 0 Å². The molecule has 17 heavy (non-hydrogen) atoms. The van der Waals surface area contributed by atoms with Gasteiger partial charge in [-0.15, -0.1) is 5.10 Å². The highest BCUT2D eigenvalue weighted by Crippen LogP contribution is 2.21. The normalized spacial score (nSPS) is 13.3. The van der Waals surface area contributed by atoms with Crippen LogP contribution in [0.5, 0.6) is 0 Å². The average molecular weight is 241 g/mol. The molecular weight excluding hydrogens is 222 g/mol. The lowest BCUT2D eigenvalue weighted by Crippen LogP contribution is -2.24. The second-order valence-corrected chi connectivity index (χ2v) is 4.69. The van der Waals surface area contributed by atoms with E-state index >= 15 is 0 Å². The first-order chi connectivity index (χ1) is 7.91. The summed E-state index contributed by atoms with van der Waals surface area (Å²) in [5.41, 5.74) is 0. The van der Waals surface area contributed by atoms with Crippen LogP contribution >= 0.6 is 0 Å². The molecule has 0 bridgehead atoms. The van der Waals surface area contributed by atoms with E-state index in [0.29, 0.717) is 12.4 Å². The summed E-state index contributed by atoms with van der Waals surface area (Å²) in [6.07, 6.45) is 0.0309. The third-order valence-corrected chi connectivity index (χ3v) is 2.49. The molecule has 1 aromatic heterocycles. The molecule has 96 valence electrons. The van der Waals surface area contributed by atoms with Crippen LogP contribution < -0.4 is 0 Å². The largest absolute Gasteiger partial charge is 0.481 e. The predicted octanol–water partition coefficient (Wildman–Crippen LogP) is 0.406. The van der Waals surface area contributed by atoms with E-state index in [0.717, 1.165) is 0 Å². The maximum atomic E-state index is 10.9. The van der Waals surface area contributed by atoms with Crippen molar-refractivity contribution in [3.8, 4) is 0 Å². The summed E-state index contributed by atoms with van der Waals surface area (Å²) < 4.78 is 1.62. The molecule has 7 nitrogen and oxygen atoms in total. The molecule has 0 radical (unpaired) electrons. The Hall–Kier alpha value is -1.50. The molecule has 0 aliphatic carbocycles. The first-order valence-corrected chi connectivity index (χ1v) is 5.55. The maximum Gasteiger partial charge on any atom is 0.305 e. The molecule has 0 aromatic carbocycles. The van der Waals surface area contributed by atoms with Crippen molar-refractivity contribution in [3.05, 3.63) is 5.82 Å². The highest BCUT2D eigenvalue weighted by molar-refractivity contribution is 5.67. The van der Waals surface area contributed by atoms with Crippen LogP contribution in [0.3, 0.4) is 0 Å². The highest BCUT2D eigenvalue weighted by atomic mass is 16.4. The zero-order valence-corrected chi connectivity index (χ0v) is 10.7. The zero-order chi connectivity index (χ0) is 13.0. The van der Waals surface area contributed by atoms with Crippen LogP contribution in [0.15, 0.2) is 0 Å². The standard InChI is InChI=1S/C10H19N5O2/c1-7(2)8(5-10(16)17)15-9(6-14(3)4)11-12-13-15/h7-8H,5-6H2,1-4H3,(H,16,17). The minimum atomic E-state index is -0.838. The molecule has 0 fully saturated rings. The summed E-state index contributed by atoms with van der Waals surface area (Å²) in [7, 11) is 3.83. The van der Waals surface area contributed by atoms with Crippen LogP contribution in [0.25, 0.3) is 0 Å². The van der Waals surface area contributed by atoms with E-state index in [1.54, 1.807) is 4.68 Å². The van der Waals surface area contributed by atoms with Gasteiger partial charge in [0.15, 0.2) is 5.82 Å². The number of aliphatic carboxylic acids is 1. The van der Waals surface area contributed by atoms with E-state index in [1.165, 1.54) is 0 Å². The molecule has 0 saturated carbocycles. The quantitative estimate of drug-likeness (QED) is 0.776. The molecule has 0 spiro atoms. The van der Waals surface area contributed by atoms with Gasteiger partial charge in [0.05, 0.1) is 19.0 Å². The van der Waals surface area contributed by atoms with Crippen molar-refractivity contribution < 1.29 is 9.90 Å². The Morgan fingerprint density at radius 3 is 2.59 bits per heavy atom. The number of nitrogens with zero attached hydrogens (tertiary/aromatic N) is 5. The predicted molar refractivity (Wildman–Crippen MR) is 61.3 cm³/mol. The first kappa shape index (κ1) is 13.6. The number of carboxylic acids is 1. The molecular formula is C10H19N5O2. The van der Waals surface area contributed by atoms with Crippen LogP contribution in [0.2, 0.25) is 0 Å². The SMILES string of the molecule is CC(C)C(CC(=O)O)n1nnnc1CN(C)C. The average Bonchev–Trinajstić information content (AvgIpc) is 2.60. The lowest BCUT2D eigenvalue weighted by molar-refractivity contribution is -0.138. The Kier molecular flexibility index (Phi) is 4.56. The topological polar surface area (TPSA) is 84.1 Å². The molecule has 0 aliphatic heterocycles. The van der Waals surface area contributed by atoms with Gasteiger partial charge in [-0.05, 0) is 30.4 Å². The molecule has 0 saturated heterocycles. The summed E-state index contributed by atoms with van der Waals surface area (Å²) in [6.45, 7) is 4.53. The molecule has 1 atom stereocenters. The number of carbonyl (C=O) groups is 1. The van der Waals surface area contributed by atoms with Gasteiger partial charge in [-0.3, -0.25) is 4.79 Å². The van der Waals surface area contributed by atoms with Crippen LogP contribution in [-0.4, -0.2) is 50.3 Å². The lowest BCUT2D eigenvalue weighted by Gasteiger charge is -2.21. The Morgan fingerprint density at radius 2 is 2.12 bits per heavy atom. The van der Waals surface area contributed by atoms with Gasteiger partial charge in [-0.25, -0.2) is 4.68 Å². The molecule has 7 heteroatoms. The van der Waals surface area contributed by atoms with Gasteiger partial charge in [0.2, 0.25) is 0 Å². The van der Waals surface area contributed by atoms with Gasteiger partial charge < -0.3 is 10.0 Å². The monoisotopic (exact) mass is 241 g/mol. The molecule has 1 unspecified atom stereocenters. The van der Waals surface area contributed by atoms with Gasteiger partial charge in [0, 0.05) is 0 Å². The lowest BCUT2D eigenvalue weighted by atomic mass is 10.0. The fourth-order valence-electron chi connectivity index (χ4n) is 1.64. The Labute approximate surface area is 100 Å². The van der Waals surface area contributed by atoms with E-state index in [9.17, 15) is 4.79 Å². The molecule has 1 aromatic rings. The number of hydrogen-bond acceptors (Lipinski definition) is 5. The minimum absolute atomic E-state index is 0.0309. The van der Waals surface area contributed by atoms with E-state index in [1.807, 2.05) is 32.8 Å². The molecule has 1 rings (SSSR count). The van der Waals surface area contributed by atoms with Crippen molar-refractivity contribution in [1.29, 1.82) is 0 Å². The van der Waals surface area contributed by atoms with E-state index < -0.39 is 5.97 Å². The van der Waals surface area contributed by atoms with E-state index in [2.05, 4.69) is 15.5 Å². The second-order valence-electron chi connectivity index (χ2n) is 4.69. The van der Waals surface area contributed by atoms with Crippen molar-refractivity contribution in [2.45, 2.75) is 32.9 Å². The van der Waals surface area contributed by atoms with Crippen LogP contribution in [0.4, 0.5) is 0 Å². The molecule has 1 N–H and O–H groups in total. The van der Waals surface area contributed by atoms with Crippen LogP contribution in [-0.2, 0) is 11.3 Å². The first-order valence-electron chi connectivity index (χ1n) is 5.55. The van der Waals surface area contributed by atoms with Gasteiger partial charge >= 0.3 is 5.97 Å². The van der Waals surface area contributed by atoms with Crippen LogP contribution in [0, 0.1) is 5.92 Å². The number of carboxylic acid groups (broad SMARTS) is 1. The smallest absolute Gasteiger partial charge is 0.305 e. The van der Waals surface area contributed by atoms with Gasteiger partial charge in [-0.1, -0.05) is 13.8 Å². The molecule has 0 aliphatic rings. The van der Waals surface area contributed by atoms with Gasteiger partial charge in [0.25, 0.3) is 0 Å². The van der Waals surface area contributed by atoms with Crippen molar-refractivity contribution in [1.82, 2.24) is 25.1 Å². The maximum absolute atomic E-state index is 10.9. The Balaban J connectivity index is 2.93. The number of rotatable bonds is 6. The number of aromatic nitrogens is 4. The number of hydrogen-bond donors (Lipinski definition) is 1. The molecule has 1 heterocycles. The van der Waals surface area contributed by atoms with Gasteiger partial charge in [0.1, 0.15) is 0 Å². The third kappa shape index (κ3) is 3.77. The Morgan fingerprint density at radius 1 is 1.47 bits per heavy atom. The summed E-state index contributed by atoms with van der Waals surface area (Å²) in [5, 5.41) is 20.4. The van der Waals surface area contributed by atoms with Crippen molar-refractivity contribution >= 4 is 5.97 Å². The van der Waals surface area contributed by atoms with E-state index in [-0.39, 0.29) is 18.4 Å². The van der Waals surface area contributed by atoms with Crippen LogP contribution in [0.1, 0.15) is 32.1 Å². The van der Waals surface area contributed by atoms with Crippen molar-refractivity contribution in [2.24, 2.45) is 5.92 Å². The van der Waals surface area contributed by atoms with Crippen molar-refractivity contribution in [2.75, 3.05) is 14.1 Å². The molecule has 0 amide bonds. The highest BCUT2D eigenvalue weighted by Gasteiger charge is 2.23. The van der Waals surface area contributed by atoms with Gasteiger partial charge in [-0.2, -0.15) is 0 Å². The zero-order valence-electron chi connectivity index (χ0n) is 10.7. The number of tetrazole rings is 1. The fraction of sp³-hybridized carbons (Fsp3) is 0.800. The summed E-state index contributed by atoms with van der Waals surface area (Å²) in [6, 6.07) is -0.211. The minimum Gasteiger partial charge on any atom is -0.481 e. The summed E-state index contributed by atoms with van der Waals surface area (Å²) in [4.78, 5) is 12.8.